The van der Waals surface area contributed by atoms with Crippen LogP contribution in [0.2, 0.25) is 0 Å². The third-order valence-electron chi connectivity index (χ3n) is 1.84. The maximum atomic E-state index is 8.06. The molecular formula is C10H13N3O. The van der Waals surface area contributed by atoms with E-state index in [1.54, 1.807) is 0 Å². The first kappa shape index (κ1) is 10.4. The van der Waals surface area contributed by atoms with Crippen molar-refractivity contribution in [3.8, 4) is 5.75 Å². The molecule has 1 aromatic carbocycles. The molecule has 1 aromatic rings. The van der Waals surface area contributed by atoms with Crippen molar-refractivity contribution in [1.29, 1.82) is 0 Å². The van der Waals surface area contributed by atoms with Crippen LogP contribution in [0.4, 0.5) is 0 Å². The Bertz CT molecular complexity index is 356. The molecule has 4 nitrogen and oxygen atoms in total. The van der Waals surface area contributed by atoms with Crippen molar-refractivity contribution in [3.63, 3.8) is 0 Å². The molecule has 0 saturated carbocycles. The van der Waals surface area contributed by atoms with Gasteiger partial charge < -0.3 is 4.74 Å². The molecule has 0 bridgehead atoms. The third kappa shape index (κ3) is 2.99. The van der Waals surface area contributed by atoms with Gasteiger partial charge in [-0.05, 0) is 31.0 Å². The Morgan fingerprint density at radius 2 is 2.21 bits per heavy atom. The summed E-state index contributed by atoms with van der Waals surface area (Å²) in [6.45, 7) is 4.82. The first-order valence-corrected chi connectivity index (χ1v) is 4.45. The van der Waals surface area contributed by atoms with Crippen LogP contribution in [0.5, 0.6) is 5.75 Å². The Morgan fingerprint density at radius 1 is 1.43 bits per heavy atom. The second kappa shape index (κ2) is 5.14. The molecule has 0 aliphatic carbocycles. The Hall–Kier alpha value is -1.67. The zero-order valence-corrected chi connectivity index (χ0v) is 8.40. The second-order valence-electron chi connectivity index (χ2n) is 3.07. The number of aryl methyl sites for hydroxylation is 2. The highest BCUT2D eigenvalue weighted by molar-refractivity contribution is 5.35. The lowest BCUT2D eigenvalue weighted by molar-refractivity contribution is 0.326. The van der Waals surface area contributed by atoms with Crippen LogP contribution in [0, 0.1) is 13.8 Å². The number of hydrogen-bond acceptors (Lipinski definition) is 2. The molecule has 4 heteroatoms. The van der Waals surface area contributed by atoms with E-state index in [-0.39, 0.29) is 0 Å². The highest BCUT2D eigenvalue weighted by atomic mass is 16.5. The van der Waals surface area contributed by atoms with Crippen molar-refractivity contribution in [2.75, 3.05) is 13.2 Å². The first-order valence-electron chi connectivity index (χ1n) is 4.45. The summed E-state index contributed by atoms with van der Waals surface area (Å²) < 4.78 is 5.43. The van der Waals surface area contributed by atoms with Crippen molar-refractivity contribution in [2.45, 2.75) is 13.8 Å². The molecule has 0 heterocycles. The maximum absolute atomic E-state index is 8.06. The fourth-order valence-corrected chi connectivity index (χ4v) is 1.20. The van der Waals surface area contributed by atoms with E-state index in [0.29, 0.717) is 13.2 Å². The molecule has 74 valence electrons. The number of rotatable bonds is 4. The van der Waals surface area contributed by atoms with Crippen LogP contribution in [-0.4, -0.2) is 13.2 Å². The summed E-state index contributed by atoms with van der Waals surface area (Å²) in [6.07, 6.45) is 0. The molecule has 14 heavy (non-hydrogen) atoms. The highest BCUT2D eigenvalue weighted by Crippen LogP contribution is 2.18. The van der Waals surface area contributed by atoms with Crippen LogP contribution in [0.3, 0.4) is 0 Å². The molecule has 0 aliphatic heterocycles. The number of hydrogen-bond donors (Lipinski definition) is 0. The van der Waals surface area contributed by atoms with Crippen LogP contribution < -0.4 is 4.74 Å². The topological polar surface area (TPSA) is 58.0 Å². The van der Waals surface area contributed by atoms with Gasteiger partial charge in [0.25, 0.3) is 0 Å². The fourth-order valence-electron chi connectivity index (χ4n) is 1.20. The molecule has 1 rings (SSSR count). The van der Waals surface area contributed by atoms with E-state index in [1.165, 1.54) is 5.56 Å². The first-order chi connectivity index (χ1) is 6.74. The molecule has 0 saturated heterocycles. The van der Waals surface area contributed by atoms with Gasteiger partial charge in [-0.2, -0.15) is 0 Å². The predicted octanol–water partition coefficient (Wildman–Crippen LogP) is 2.99. The van der Waals surface area contributed by atoms with Crippen molar-refractivity contribution in [3.05, 3.63) is 39.8 Å². The van der Waals surface area contributed by atoms with Crippen LogP contribution >= 0.6 is 0 Å². The molecule has 0 amide bonds. The third-order valence-corrected chi connectivity index (χ3v) is 1.84. The number of azide groups is 1. The highest BCUT2D eigenvalue weighted by Gasteiger charge is 1.97. The van der Waals surface area contributed by atoms with Crippen LogP contribution in [-0.2, 0) is 0 Å². The smallest absolute Gasteiger partial charge is 0.122 e. The van der Waals surface area contributed by atoms with Gasteiger partial charge in [0.1, 0.15) is 5.75 Å². The number of nitrogens with zero attached hydrogens (tertiary/aromatic N) is 3. The molecule has 0 radical (unpaired) electrons. The molecule has 0 aromatic heterocycles. The Morgan fingerprint density at radius 3 is 2.86 bits per heavy atom. The molecule has 0 aliphatic rings. The van der Waals surface area contributed by atoms with E-state index in [1.807, 2.05) is 26.0 Å². The predicted molar refractivity (Wildman–Crippen MR) is 55.4 cm³/mol. The molecule has 0 spiro atoms. The van der Waals surface area contributed by atoms with Gasteiger partial charge in [0.2, 0.25) is 0 Å². The monoisotopic (exact) mass is 191 g/mol. The van der Waals surface area contributed by atoms with Gasteiger partial charge >= 0.3 is 0 Å². The minimum absolute atomic E-state index is 0.365. The number of ether oxygens (including phenoxy) is 1. The SMILES string of the molecule is Cc1ccc(OCCN=[N+]=[N-])c(C)c1. The molecule has 0 unspecified atom stereocenters. The summed E-state index contributed by atoms with van der Waals surface area (Å²) in [4.78, 5) is 2.65. The molecule has 0 fully saturated rings. The average Bonchev–Trinajstić information content (AvgIpc) is 2.15. The number of benzene rings is 1. The van der Waals surface area contributed by atoms with E-state index in [4.69, 9.17) is 10.3 Å². The lowest BCUT2D eigenvalue weighted by atomic mass is 10.1. The molecular weight excluding hydrogens is 178 g/mol. The van der Waals surface area contributed by atoms with Crippen molar-refractivity contribution >= 4 is 0 Å². The Balaban J connectivity index is 2.54. The quantitative estimate of drug-likeness (QED) is 0.312. The standard InChI is InChI=1S/C10H13N3O/c1-8-3-4-10(9(2)7-8)14-6-5-12-13-11/h3-4,7H,5-6H2,1-2H3. The van der Waals surface area contributed by atoms with E-state index >= 15 is 0 Å². The van der Waals surface area contributed by atoms with Gasteiger partial charge in [0.15, 0.2) is 0 Å². The molecule has 0 N–H and O–H groups in total. The minimum Gasteiger partial charge on any atom is -0.493 e. The summed E-state index contributed by atoms with van der Waals surface area (Å²) in [6, 6.07) is 5.99. The van der Waals surface area contributed by atoms with Gasteiger partial charge in [0.05, 0.1) is 13.2 Å². The largest absolute Gasteiger partial charge is 0.493 e. The summed E-state index contributed by atoms with van der Waals surface area (Å²) in [7, 11) is 0. The van der Waals surface area contributed by atoms with Crippen LogP contribution in [0.15, 0.2) is 23.3 Å². The summed E-state index contributed by atoms with van der Waals surface area (Å²) in [5.74, 6) is 0.851. The maximum Gasteiger partial charge on any atom is 0.122 e. The van der Waals surface area contributed by atoms with Gasteiger partial charge in [0, 0.05) is 4.91 Å². The summed E-state index contributed by atoms with van der Waals surface area (Å²) in [5, 5.41) is 3.39. The van der Waals surface area contributed by atoms with E-state index in [2.05, 4.69) is 16.1 Å². The lowest BCUT2D eigenvalue weighted by Gasteiger charge is -2.07. The van der Waals surface area contributed by atoms with E-state index in [0.717, 1.165) is 11.3 Å². The summed E-state index contributed by atoms with van der Waals surface area (Å²) >= 11 is 0. The fraction of sp³-hybridized carbons (Fsp3) is 0.400. The Labute approximate surface area is 83.1 Å². The second-order valence-corrected chi connectivity index (χ2v) is 3.07. The van der Waals surface area contributed by atoms with Crippen LogP contribution in [0.25, 0.3) is 10.4 Å². The molecule has 0 atom stereocenters. The van der Waals surface area contributed by atoms with Crippen molar-refractivity contribution in [2.24, 2.45) is 5.11 Å². The lowest BCUT2D eigenvalue weighted by Crippen LogP contribution is -2.01. The summed E-state index contributed by atoms with van der Waals surface area (Å²) in [5.41, 5.74) is 10.4. The Kier molecular flexibility index (Phi) is 3.83. The van der Waals surface area contributed by atoms with Gasteiger partial charge in [-0.1, -0.05) is 22.8 Å². The average molecular weight is 191 g/mol. The van der Waals surface area contributed by atoms with Crippen LogP contribution in [0.1, 0.15) is 11.1 Å². The van der Waals surface area contributed by atoms with E-state index < -0.39 is 0 Å². The normalized spacial score (nSPS) is 9.29. The van der Waals surface area contributed by atoms with E-state index in [9.17, 15) is 0 Å². The minimum atomic E-state index is 0.365. The van der Waals surface area contributed by atoms with Gasteiger partial charge in [-0.15, -0.1) is 0 Å². The van der Waals surface area contributed by atoms with Gasteiger partial charge in [-0.3, -0.25) is 0 Å². The zero-order valence-electron chi connectivity index (χ0n) is 8.40. The van der Waals surface area contributed by atoms with Crippen molar-refractivity contribution < 1.29 is 4.74 Å². The zero-order chi connectivity index (χ0) is 10.4. The van der Waals surface area contributed by atoms with Gasteiger partial charge in [-0.25, -0.2) is 0 Å². The van der Waals surface area contributed by atoms with Crippen molar-refractivity contribution in [1.82, 2.24) is 0 Å².